The van der Waals surface area contributed by atoms with E-state index in [0.29, 0.717) is 0 Å². The number of halogens is 1. The number of alkyl halides is 1. The monoisotopic (exact) mass is 438 g/mol. The van der Waals surface area contributed by atoms with E-state index in [4.69, 9.17) is 24.5 Å². The van der Waals surface area contributed by atoms with E-state index in [0.717, 1.165) is 0 Å². The maximum absolute atomic E-state index is 14.6. The topological polar surface area (TPSA) is 175 Å². The number of nitrogens with zero attached hydrogens (tertiary/aromatic N) is 1. The van der Waals surface area contributed by atoms with Crippen LogP contribution in [0, 0.1) is 0 Å². The van der Waals surface area contributed by atoms with Crippen LogP contribution in [0.4, 0.5) is 4.39 Å². The zero-order chi connectivity index (χ0) is 19.8. The summed E-state index contributed by atoms with van der Waals surface area (Å²) in [5.74, 6) is -3.10. The Bertz CT molecular complexity index is 689. The zero-order valence-corrected chi connectivity index (χ0v) is 15.6. The molecule has 12 nitrogen and oxygen atoms in total. The number of rotatable bonds is 7. The van der Waals surface area contributed by atoms with Crippen LogP contribution in [-0.2, 0) is 27.5 Å². The summed E-state index contributed by atoms with van der Waals surface area (Å²) in [6.45, 7) is -1.70. The molecule has 5 N–H and O–H groups in total. The van der Waals surface area contributed by atoms with Gasteiger partial charge in [-0.05, 0) is 6.42 Å². The number of hydrogen-bond acceptors (Lipinski definition) is 9. The van der Waals surface area contributed by atoms with Crippen LogP contribution in [0.1, 0.15) is 12.8 Å². The number of aliphatic hydroxyl groups excluding tert-OH is 1. The molecule has 2 aliphatic heterocycles. The summed E-state index contributed by atoms with van der Waals surface area (Å²) in [7, 11) is -10.5. The van der Waals surface area contributed by atoms with Crippen LogP contribution in [-0.4, -0.2) is 61.4 Å². The van der Waals surface area contributed by atoms with Gasteiger partial charge in [-0.3, -0.25) is 9.32 Å². The minimum atomic E-state index is -5.32. The van der Waals surface area contributed by atoms with Crippen molar-refractivity contribution in [2.75, 3.05) is 13.2 Å². The molecule has 4 atom stereocenters. The Morgan fingerprint density at radius 1 is 1.46 bits per heavy atom. The number of nitrogens with one attached hydrogen (secondary N) is 1. The molecule has 2 rings (SSSR count). The number of thiol groups is 1. The van der Waals surface area contributed by atoms with Crippen LogP contribution in [0.3, 0.4) is 0 Å². The van der Waals surface area contributed by atoms with Crippen molar-refractivity contribution < 1.29 is 51.7 Å². The summed E-state index contributed by atoms with van der Waals surface area (Å²) in [5, 5.41) is 11.5. The molecule has 2 aliphatic rings. The highest BCUT2D eigenvalue weighted by molar-refractivity contribution is 7.80. The number of hydrogen-bond donors (Lipinski definition) is 6. The Kier molecular flexibility index (Phi) is 6.56. The third-order valence-electron chi connectivity index (χ3n) is 3.41. The molecule has 0 spiro atoms. The number of phosphoric acid groups is 2. The van der Waals surface area contributed by atoms with E-state index in [1.807, 2.05) is 0 Å². The van der Waals surface area contributed by atoms with E-state index in [1.165, 1.54) is 11.1 Å². The van der Waals surface area contributed by atoms with Crippen molar-refractivity contribution in [3.05, 3.63) is 11.8 Å². The van der Waals surface area contributed by atoms with Gasteiger partial charge in [0, 0.05) is 12.6 Å². The molecule has 0 saturated carbocycles. The molecule has 0 aromatic heterocycles. The van der Waals surface area contributed by atoms with Gasteiger partial charge in [0.1, 0.15) is 18.3 Å². The summed E-state index contributed by atoms with van der Waals surface area (Å²) in [5.41, 5.74) is -0.866. The molecule has 0 radical (unpaired) electrons. The van der Waals surface area contributed by atoms with Crippen molar-refractivity contribution >= 4 is 34.2 Å². The molecule has 2 heterocycles. The van der Waals surface area contributed by atoms with Crippen LogP contribution in [0.15, 0.2) is 11.8 Å². The molecule has 26 heavy (non-hydrogen) atoms. The first-order valence-corrected chi connectivity index (χ1v) is 10.6. The lowest BCUT2D eigenvalue weighted by Gasteiger charge is -2.36. The first-order valence-electron chi connectivity index (χ1n) is 7.03. The van der Waals surface area contributed by atoms with Crippen molar-refractivity contribution in [2.24, 2.45) is 0 Å². The third-order valence-corrected chi connectivity index (χ3v) is 5.93. The summed E-state index contributed by atoms with van der Waals surface area (Å²) >= 11 is 4.11. The number of phosphoric ester groups is 1. The average Bonchev–Trinajstić information content (AvgIpc) is 2.86. The fourth-order valence-corrected chi connectivity index (χ4v) is 4.25. The lowest BCUT2D eigenvalue weighted by molar-refractivity contribution is -0.185. The Balaban J connectivity index is 2.00. The van der Waals surface area contributed by atoms with Crippen molar-refractivity contribution in [1.29, 1.82) is 0 Å². The lowest BCUT2D eigenvalue weighted by atomic mass is 10.2. The largest absolute Gasteiger partial charge is 0.481 e. The van der Waals surface area contributed by atoms with Gasteiger partial charge in [-0.15, -0.1) is 12.6 Å². The third kappa shape index (κ3) is 5.73. The van der Waals surface area contributed by atoms with Gasteiger partial charge in [0.05, 0.1) is 12.2 Å². The smallest absolute Gasteiger partial charge is 0.391 e. The molecule has 1 saturated heterocycles. The number of aliphatic hydroxyl groups is 1. The average molecular weight is 438 g/mol. The highest BCUT2D eigenvalue weighted by atomic mass is 32.1. The Morgan fingerprint density at radius 3 is 2.69 bits per heavy atom. The van der Waals surface area contributed by atoms with Gasteiger partial charge in [-0.1, -0.05) is 0 Å². The van der Waals surface area contributed by atoms with Crippen molar-refractivity contribution in [3.63, 3.8) is 0 Å². The molecule has 0 aliphatic carbocycles. The van der Waals surface area contributed by atoms with Crippen molar-refractivity contribution in [2.45, 2.75) is 30.4 Å². The molecule has 1 fully saturated rings. The Labute approximate surface area is 152 Å². The molecule has 1 amide bonds. The number of carbonyl (C=O) groups is 1. The Morgan fingerprint density at radius 2 is 2.12 bits per heavy atom. The molecular weight excluding hydrogens is 421 g/mol. The highest BCUT2D eigenvalue weighted by Gasteiger charge is 2.47. The maximum atomic E-state index is 14.6. The van der Waals surface area contributed by atoms with Crippen LogP contribution in [0.5, 0.6) is 0 Å². The molecule has 2 unspecified atom stereocenters. The maximum Gasteiger partial charge on any atom is 0.481 e. The van der Waals surface area contributed by atoms with E-state index in [1.54, 1.807) is 0 Å². The Hall–Kier alpha value is -0.530. The fraction of sp³-hybridized carbons (Fsp3) is 0.700. The predicted molar refractivity (Wildman–Crippen MR) is 84.8 cm³/mol. The van der Waals surface area contributed by atoms with Gasteiger partial charge in [-0.25, -0.2) is 13.5 Å². The normalized spacial score (nSPS) is 32.2. The second-order valence-electron chi connectivity index (χ2n) is 5.42. The van der Waals surface area contributed by atoms with Gasteiger partial charge in [0.2, 0.25) is 5.85 Å². The minimum absolute atomic E-state index is 0.00131. The van der Waals surface area contributed by atoms with Crippen molar-refractivity contribution in [3.8, 4) is 0 Å². The van der Waals surface area contributed by atoms with Crippen LogP contribution < -0.4 is 5.32 Å². The lowest BCUT2D eigenvalue weighted by Crippen LogP contribution is -2.52. The zero-order valence-electron chi connectivity index (χ0n) is 13.0. The molecule has 0 aromatic carbocycles. The van der Waals surface area contributed by atoms with E-state index in [9.17, 15) is 18.3 Å². The standard InChI is InChI=1S/C10H17FN2O10P2S/c11-10(5-21-25(19,20)23-24(16,17)18)2-1-7(22-10)13-3-6(4-14)8(15)12-9(13)26/h3,7,9,14,26H,1-2,4-5H2,(H,12,15)(H,19,20)(H2,16,17,18)/t7-,9?,10+/m1/s1. The fourth-order valence-electron chi connectivity index (χ4n) is 2.30. The number of carbonyl (C=O) groups excluding carboxylic acids is 1. The van der Waals surface area contributed by atoms with Crippen LogP contribution in [0.2, 0.25) is 0 Å². The first kappa shape index (κ1) is 21.8. The summed E-state index contributed by atoms with van der Waals surface area (Å²) in [6.07, 6.45) is 0.0773. The predicted octanol–water partition coefficient (Wildman–Crippen LogP) is -0.464. The summed E-state index contributed by atoms with van der Waals surface area (Å²) < 4.78 is 49.5. The quantitative estimate of drug-likeness (QED) is 0.224. The van der Waals surface area contributed by atoms with Crippen LogP contribution >= 0.6 is 28.3 Å². The summed E-state index contributed by atoms with van der Waals surface area (Å²) in [4.78, 5) is 39.0. The highest BCUT2D eigenvalue weighted by Crippen LogP contribution is 2.58. The second-order valence-corrected chi connectivity index (χ2v) is 8.73. The number of amides is 1. The van der Waals surface area contributed by atoms with Crippen LogP contribution in [0.25, 0.3) is 0 Å². The van der Waals surface area contributed by atoms with Gasteiger partial charge in [0.15, 0.2) is 0 Å². The van der Waals surface area contributed by atoms with E-state index in [2.05, 4.69) is 26.8 Å². The molecule has 0 aromatic rings. The van der Waals surface area contributed by atoms with E-state index in [-0.39, 0.29) is 18.4 Å². The van der Waals surface area contributed by atoms with E-state index >= 15 is 0 Å². The molecule has 0 bridgehead atoms. The molecule has 16 heteroatoms. The van der Waals surface area contributed by atoms with Gasteiger partial charge in [0.25, 0.3) is 5.91 Å². The van der Waals surface area contributed by atoms with E-state index < -0.39 is 52.3 Å². The van der Waals surface area contributed by atoms with Gasteiger partial charge in [-0.2, -0.15) is 4.31 Å². The second kappa shape index (κ2) is 7.84. The van der Waals surface area contributed by atoms with Gasteiger partial charge >= 0.3 is 15.6 Å². The number of ether oxygens (including phenoxy) is 1. The minimum Gasteiger partial charge on any atom is -0.391 e. The summed E-state index contributed by atoms with van der Waals surface area (Å²) in [6, 6.07) is 0. The SMILES string of the molecule is O=C1NC(S)N([C@H]2CC[C@@](F)(COP(=O)(O)OP(=O)(O)O)O2)C=C1CO. The molecule has 150 valence electrons. The van der Waals surface area contributed by atoms with Crippen molar-refractivity contribution in [1.82, 2.24) is 10.2 Å². The van der Waals surface area contributed by atoms with Gasteiger partial charge < -0.3 is 34.7 Å². The first-order chi connectivity index (χ1) is 11.8. The molecular formula is C10H17FN2O10P2S.